The van der Waals surface area contributed by atoms with E-state index in [1.165, 1.54) is 0 Å². The fourth-order valence-corrected chi connectivity index (χ4v) is 4.35. The Labute approximate surface area is 169 Å². The standard InChI is InChI=1S/C21H22N4O2.ClH/c26-18-13-21(27-19-7-2-1-5-16(18)19)8-4-11-25(12-9-21)14-17-15-6-3-10-22-20(15)24-23-17;/h1-3,5-7,10H,4,8-9,11-14H2,(H,22,23,24);1H. The molecule has 28 heavy (non-hydrogen) atoms. The molecular formula is C21H23ClN4O2. The van der Waals surface area contributed by atoms with Crippen LogP contribution in [0.1, 0.15) is 41.7 Å². The second-order valence-electron chi connectivity index (χ2n) is 7.59. The van der Waals surface area contributed by atoms with Crippen LogP contribution in [0.4, 0.5) is 0 Å². The predicted octanol–water partition coefficient (Wildman–Crippen LogP) is 3.77. The topological polar surface area (TPSA) is 71.1 Å². The Morgan fingerprint density at radius 3 is 2.96 bits per heavy atom. The Morgan fingerprint density at radius 2 is 2.04 bits per heavy atom. The molecule has 0 radical (unpaired) electrons. The third kappa shape index (κ3) is 3.38. The first kappa shape index (κ1) is 18.9. The highest BCUT2D eigenvalue weighted by molar-refractivity contribution is 6.00. The third-order valence-electron chi connectivity index (χ3n) is 5.78. The fraction of sp³-hybridized carbons (Fsp3) is 0.381. The van der Waals surface area contributed by atoms with Gasteiger partial charge in [0.25, 0.3) is 0 Å². The van der Waals surface area contributed by atoms with E-state index in [-0.39, 0.29) is 23.8 Å². The van der Waals surface area contributed by atoms with E-state index in [0.717, 1.165) is 66.9 Å². The zero-order valence-corrected chi connectivity index (χ0v) is 16.4. The fourth-order valence-electron chi connectivity index (χ4n) is 4.35. The molecule has 0 amide bonds. The molecule has 6 nitrogen and oxygen atoms in total. The minimum atomic E-state index is -0.363. The Bertz CT molecular complexity index is 1000. The number of H-pyrrole nitrogens is 1. The van der Waals surface area contributed by atoms with Crippen LogP contribution in [0.15, 0.2) is 42.6 Å². The lowest BCUT2D eigenvalue weighted by atomic mass is 9.84. The molecule has 2 aromatic heterocycles. The van der Waals surface area contributed by atoms with E-state index in [0.29, 0.717) is 6.42 Å². The van der Waals surface area contributed by atoms with E-state index in [4.69, 9.17) is 4.74 Å². The number of hydrogen-bond acceptors (Lipinski definition) is 5. The first-order valence-corrected chi connectivity index (χ1v) is 9.54. The highest BCUT2D eigenvalue weighted by Crippen LogP contribution is 2.39. The molecule has 1 N–H and O–H groups in total. The molecule has 0 bridgehead atoms. The van der Waals surface area contributed by atoms with Gasteiger partial charge in [0.05, 0.1) is 17.7 Å². The number of likely N-dealkylation sites (tertiary alicyclic amines) is 1. The summed E-state index contributed by atoms with van der Waals surface area (Å²) >= 11 is 0. The molecule has 7 heteroatoms. The summed E-state index contributed by atoms with van der Waals surface area (Å²) in [6, 6.07) is 11.6. The second kappa shape index (κ2) is 7.53. The van der Waals surface area contributed by atoms with E-state index < -0.39 is 0 Å². The number of halogens is 1. The first-order valence-electron chi connectivity index (χ1n) is 9.54. The lowest BCUT2D eigenvalue weighted by molar-refractivity contribution is 0.0299. The summed E-state index contributed by atoms with van der Waals surface area (Å²) in [6.45, 7) is 2.70. The lowest BCUT2D eigenvalue weighted by Crippen LogP contribution is -2.42. The van der Waals surface area contributed by atoms with Gasteiger partial charge in [-0.1, -0.05) is 12.1 Å². The quantitative estimate of drug-likeness (QED) is 0.711. The zero-order chi connectivity index (χ0) is 18.3. The number of benzene rings is 1. The maximum Gasteiger partial charge on any atom is 0.181 e. The number of carbonyl (C=O) groups is 1. The van der Waals surface area contributed by atoms with E-state index >= 15 is 0 Å². The van der Waals surface area contributed by atoms with Crippen molar-refractivity contribution in [1.29, 1.82) is 0 Å². The summed E-state index contributed by atoms with van der Waals surface area (Å²) in [7, 11) is 0. The molecule has 1 aromatic carbocycles. The van der Waals surface area contributed by atoms with Crippen LogP contribution in [-0.2, 0) is 6.54 Å². The van der Waals surface area contributed by atoms with Crippen LogP contribution in [0.5, 0.6) is 5.75 Å². The van der Waals surface area contributed by atoms with Gasteiger partial charge in [0.2, 0.25) is 0 Å². The average molecular weight is 399 g/mol. The first-order chi connectivity index (χ1) is 13.2. The van der Waals surface area contributed by atoms with Crippen LogP contribution in [-0.4, -0.2) is 44.6 Å². The number of carbonyl (C=O) groups excluding carboxylic acids is 1. The molecule has 0 saturated carbocycles. The summed E-state index contributed by atoms with van der Waals surface area (Å²) < 4.78 is 6.39. The molecule has 146 valence electrons. The molecule has 1 fully saturated rings. The van der Waals surface area contributed by atoms with Gasteiger partial charge in [0, 0.05) is 31.1 Å². The smallest absolute Gasteiger partial charge is 0.181 e. The maximum absolute atomic E-state index is 12.6. The number of hydrogen-bond donors (Lipinski definition) is 1. The molecule has 1 atom stereocenters. The van der Waals surface area contributed by atoms with Crippen molar-refractivity contribution < 1.29 is 9.53 Å². The molecule has 3 aromatic rings. The van der Waals surface area contributed by atoms with Crippen molar-refractivity contribution in [2.45, 2.75) is 37.8 Å². The number of rotatable bonds is 2. The normalized spacial score (nSPS) is 22.4. The van der Waals surface area contributed by atoms with Gasteiger partial charge in [-0.05, 0) is 43.7 Å². The Kier molecular flexibility index (Phi) is 5.08. The van der Waals surface area contributed by atoms with Gasteiger partial charge in [0.15, 0.2) is 11.4 Å². The van der Waals surface area contributed by atoms with Crippen LogP contribution >= 0.6 is 12.4 Å². The number of fused-ring (bicyclic) bond motifs is 2. The lowest BCUT2D eigenvalue weighted by Gasteiger charge is -2.37. The van der Waals surface area contributed by atoms with Gasteiger partial charge < -0.3 is 4.74 Å². The number of nitrogens with zero attached hydrogens (tertiary/aromatic N) is 3. The van der Waals surface area contributed by atoms with Gasteiger partial charge >= 0.3 is 0 Å². The van der Waals surface area contributed by atoms with Crippen molar-refractivity contribution >= 4 is 29.2 Å². The molecule has 2 aliphatic heterocycles. The molecule has 1 spiro atoms. The van der Waals surface area contributed by atoms with E-state index in [1.54, 1.807) is 6.20 Å². The van der Waals surface area contributed by atoms with E-state index in [1.807, 2.05) is 30.3 Å². The number of ketones is 1. The Balaban J connectivity index is 0.00000192. The summed E-state index contributed by atoms with van der Waals surface area (Å²) in [6.07, 6.45) is 5.03. The minimum Gasteiger partial charge on any atom is -0.486 e. The maximum atomic E-state index is 12.6. The zero-order valence-electron chi connectivity index (χ0n) is 15.6. The Morgan fingerprint density at radius 1 is 1.14 bits per heavy atom. The Hall–Kier alpha value is -2.44. The molecule has 4 heterocycles. The molecule has 2 aliphatic rings. The summed E-state index contributed by atoms with van der Waals surface area (Å²) in [5, 5.41) is 8.50. The number of aromatic nitrogens is 3. The SMILES string of the molecule is Cl.O=C1CC2(CCCN(Cc3[nH]nc4ncccc34)CC2)Oc2ccccc21. The van der Waals surface area contributed by atoms with Crippen LogP contribution in [0.2, 0.25) is 0 Å². The number of aromatic amines is 1. The van der Waals surface area contributed by atoms with Gasteiger partial charge in [0.1, 0.15) is 11.4 Å². The van der Waals surface area contributed by atoms with Crippen molar-refractivity contribution in [1.82, 2.24) is 20.1 Å². The highest BCUT2D eigenvalue weighted by atomic mass is 35.5. The van der Waals surface area contributed by atoms with Crippen molar-refractivity contribution in [3.8, 4) is 5.75 Å². The number of pyridine rings is 1. The van der Waals surface area contributed by atoms with Crippen molar-refractivity contribution in [3.63, 3.8) is 0 Å². The van der Waals surface area contributed by atoms with Crippen LogP contribution in [0.25, 0.3) is 11.0 Å². The monoisotopic (exact) mass is 398 g/mol. The third-order valence-corrected chi connectivity index (χ3v) is 5.78. The van der Waals surface area contributed by atoms with Crippen LogP contribution < -0.4 is 4.74 Å². The average Bonchev–Trinajstić information content (AvgIpc) is 2.99. The largest absolute Gasteiger partial charge is 0.486 e. The number of nitrogens with one attached hydrogen (secondary N) is 1. The molecule has 1 unspecified atom stereocenters. The summed E-state index contributed by atoms with van der Waals surface area (Å²) in [5.41, 5.74) is 2.22. The predicted molar refractivity (Wildman–Crippen MR) is 109 cm³/mol. The van der Waals surface area contributed by atoms with Crippen molar-refractivity contribution in [2.24, 2.45) is 0 Å². The van der Waals surface area contributed by atoms with Gasteiger partial charge in [-0.2, -0.15) is 5.10 Å². The van der Waals surface area contributed by atoms with Crippen molar-refractivity contribution in [2.75, 3.05) is 13.1 Å². The second-order valence-corrected chi connectivity index (χ2v) is 7.59. The van der Waals surface area contributed by atoms with Crippen LogP contribution in [0, 0.1) is 0 Å². The molecule has 1 saturated heterocycles. The molecule has 0 aliphatic carbocycles. The minimum absolute atomic E-state index is 0. The number of para-hydroxylation sites is 1. The van der Waals surface area contributed by atoms with Gasteiger partial charge in [-0.15, -0.1) is 12.4 Å². The van der Waals surface area contributed by atoms with Gasteiger partial charge in [-0.25, -0.2) is 4.98 Å². The number of Topliss-reactive ketones (excluding diaryl/α,β-unsaturated/α-hetero) is 1. The highest BCUT2D eigenvalue weighted by Gasteiger charge is 2.41. The molecular weight excluding hydrogens is 376 g/mol. The summed E-state index contributed by atoms with van der Waals surface area (Å²) in [5.74, 6) is 0.948. The summed E-state index contributed by atoms with van der Waals surface area (Å²) in [4.78, 5) is 19.4. The van der Waals surface area contributed by atoms with Crippen molar-refractivity contribution in [3.05, 3.63) is 53.9 Å². The van der Waals surface area contributed by atoms with E-state index in [9.17, 15) is 4.79 Å². The molecule has 5 rings (SSSR count). The number of ether oxygens (including phenoxy) is 1. The van der Waals surface area contributed by atoms with Gasteiger partial charge in [-0.3, -0.25) is 14.8 Å². The van der Waals surface area contributed by atoms with Crippen LogP contribution in [0.3, 0.4) is 0 Å². The van der Waals surface area contributed by atoms with E-state index in [2.05, 4.69) is 26.1 Å².